The first-order valence-corrected chi connectivity index (χ1v) is 6.94. The molecule has 0 N–H and O–H groups in total. The molecular weight excluding hydrogens is 241 g/mol. The number of anilines is 1. The van der Waals surface area contributed by atoms with Gasteiger partial charge in [0, 0.05) is 24.3 Å². The van der Waals surface area contributed by atoms with Crippen molar-refractivity contribution in [2.75, 3.05) is 18.0 Å². The highest BCUT2D eigenvalue weighted by Crippen LogP contribution is 2.33. The normalized spacial score (nSPS) is 19.1. The van der Waals surface area contributed by atoms with Crippen LogP contribution in [0.5, 0.6) is 0 Å². The monoisotopic (exact) mass is 263 g/mol. The predicted octanol–water partition coefficient (Wildman–Crippen LogP) is 4.04. The van der Waals surface area contributed by atoms with E-state index in [1.54, 1.807) is 6.07 Å². The van der Waals surface area contributed by atoms with Crippen LogP contribution in [0.4, 0.5) is 10.1 Å². The average Bonchev–Trinajstić information content (AvgIpc) is 2.50. The molecule has 0 unspecified atom stereocenters. The van der Waals surface area contributed by atoms with Gasteiger partial charge in [-0.3, -0.25) is 4.79 Å². The van der Waals surface area contributed by atoms with E-state index >= 15 is 0 Å². The van der Waals surface area contributed by atoms with E-state index in [2.05, 4.69) is 18.7 Å². The summed E-state index contributed by atoms with van der Waals surface area (Å²) in [6.45, 7) is 7.94. The summed E-state index contributed by atoms with van der Waals surface area (Å²) in [6, 6.07) is 4.54. The highest BCUT2D eigenvalue weighted by atomic mass is 19.1. The van der Waals surface area contributed by atoms with Gasteiger partial charge in [-0.05, 0) is 49.8 Å². The molecule has 0 amide bonds. The number of carbonyl (C=O) groups is 1. The third-order valence-corrected chi connectivity index (χ3v) is 4.02. The number of hydrogen-bond donors (Lipinski definition) is 0. The molecule has 0 saturated carbocycles. The van der Waals surface area contributed by atoms with E-state index in [1.165, 1.54) is 25.5 Å². The van der Waals surface area contributed by atoms with Crippen molar-refractivity contribution in [3.05, 3.63) is 29.6 Å². The van der Waals surface area contributed by atoms with Gasteiger partial charge in [-0.2, -0.15) is 0 Å². The van der Waals surface area contributed by atoms with E-state index in [-0.39, 0.29) is 11.6 Å². The zero-order valence-corrected chi connectivity index (χ0v) is 12.0. The quantitative estimate of drug-likeness (QED) is 0.750. The van der Waals surface area contributed by atoms with E-state index < -0.39 is 0 Å². The molecule has 104 valence electrons. The molecule has 0 radical (unpaired) electrons. The van der Waals surface area contributed by atoms with Gasteiger partial charge >= 0.3 is 0 Å². The highest BCUT2D eigenvalue weighted by molar-refractivity contribution is 5.99. The zero-order chi connectivity index (χ0) is 14.0. The van der Waals surface area contributed by atoms with Crippen molar-refractivity contribution in [2.45, 2.75) is 40.0 Å². The van der Waals surface area contributed by atoms with Gasteiger partial charge in [-0.25, -0.2) is 4.39 Å². The summed E-state index contributed by atoms with van der Waals surface area (Å²) in [5.41, 5.74) is 1.73. The largest absolute Gasteiger partial charge is 0.371 e. The first kappa shape index (κ1) is 14.0. The predicted molar refractivity (Wildman–Crippen MR) is 76.2 cm³/mol. The molecule has 3 heteroatoms. The Kier molecular flexibility index (Phi) is 3.93. The van der Waals surface area contributed by atoms with Crippen molar-refractivity contribution in [3.8, 4) is 0 Å². The van der Waals surface area contributed by atoms with Gasteiger partial charge in [-0.15, -0.1) is 0 Å². The lowest BCUT2D eigenvalue weighted by molar-refractivity contribution is 0.101. The molecule has 1 saturated heterocycles. The fraction of sp³-hybridized carbons (Fsp3) is 0.562. The smallest absolute Gasteiger partial charge is 0.161 e. The molecule has 0 aromatic heterocycles. The van der Waals surface area contributed by atoms with Crippen LogP contribution >= 0.6 is 0 Å². The number of halogens is 1. The maximum Gasteiger partial charge on any atom is 0.161 e. The van der Waals surface area contributed by atoms with Crippen molar-refractivity contribution in [3.63, 3.8) is 0 Å². The number of Topliss-reactive ketones (excluding diaryl/α,β-unsaturated/α-hetero) is 1. The minimum atomic E-state index is -0.343. The van der Waals surface area contributed by atoms with E-state index in [4.69, 9.17) is 0 Å². The molecule has 2 nitrogen and oxygen atoms in total. The third kappa shape index (κ3) is 3.34. The molecule has 0 bridgehead atoms. The number of hydrogen-bond acceptors (Lipinski definition) is 2. The van der Waals surface area contributed by atoms with Crippen LogP contribution in [0.3, 0.4) is 0 Å². The van der Waals surface area contributed by atoms with Gasteiger partial charge in [0.2, 0.25) is 0 Å². The van der Waals surface area contributed by atoms with Gasteiger partial charge < -0.3 is 4.90 Å². The van der Waals surface area contributed by atoms with Gasteiger partial charge in [-0.1, -0.05) is 13.8 Å². The lowest BCUT2D eigenvalue weighted by Crippen LogP contribution is -2.26. The molecular formula is C16H22FNO. The van der Waals surface area contributed by atoms with Crippen LogP contribution in [0.2, 0.25) is 0 Å². The van der Waals surface area contributed by atoms with Gasteiger partial charge in [0.1, 0.15) is 5.82 Å². The number of rotatable bonds is 2. The number of carbonyl (C=O) groups excluding carboxylic acids is 1. The standard InChI is InChI=1S/C16H22FNO/c1-12(19)14-11-13(17)5-6-15(14)18-9-4-7-16(2,3)8-10-18/h5-6,11H,4,7-10H2,1-3H3. The SMILES string of the molecule is CC(=O)c1cc(F)ccc1N1CCCC(C)(C)CC1. The van der Waals surface area contributed by atoms with Crippen molar-refractivity contribution in [1.82, 2.24) is 0 Å². The van der Waals surface area contributed by atoms with Crippen LogP contribution in [0.1, 0.15) is 50.4 Å². The molecule has 1 aliphatic heterocycles. The maximum atomic E-state index is 13.3. The number of nitrogens with zero attached hydrogens (tertiary/aromatic N) is 1. The summed E-state index contributed by atoms with van der Waals surface area (Å²) in [7, 11) is 0. The summed E-state index contributed by atoms with van der Waals surface area (Å²) in [5, 5.41) is 0. The van der Waals surface area contributed by atoms with E-state index in [9.17, 15) is 9.18 Å². The molecule has 1 aromatic rings. The Labute approximate surface area is 114 Å². The van der Waals surface area contributed by atoms with E-state index in [0.29, 0.717) is 11.0 Å². The Balaban J connectivity index is 2.29. The first-order chi connectivity index (χ1) is 8.89. The minimum Gasteiger partial charge on any atom is -0.371 e. The fourth-order valence-electron chi connectivity index (χ4n) is 2.73. The minimum absolute atomic E-state index is 0.0713. The maximum absolute atomic E-state index is 13.3. The Bertz CT molecular complexity index is 482. The Morgan fingerprint density at radius 1 is 1.26 bits per heavy atom. The highest BCUT2D eigenvalue weighted by Gasteiger charge is 2.24. The molecule has 2 rings (SSSR count). The molecule has 0 atom stereocenters. The van der Waals surface area contributed by atoms with Crippen LogP contribution in [-0.4, -0.2) is 18.9 Å². The van der Waals surface area contributed by atoms with Crippen LogP contribution in [0, 0.1) is 11.2 Å². The molecule has 0 aliphatic carbocycles. The van der Waals surface area contributed by atoms with Crippen LogP contribution < -0.4 is 4.90 Å². The van der Waals surface area contributed by atoms with Crippen molar-refractivity contribution in [1.29, 1.82) is 0 Å². The van der Waals surface area contributed by atoms with Crippen molar-refractivity contribution < 1.29 is 9.18 Å². The average molecular weight is 263 g/mol. The summed E-state index contributed by atoms with van der Waals surface area (Å²) >= 11 is 0. The second-order valence-corrected chi connectivity index (χ2v) is 6.22. The third-order valence-electron chi connectivity index (χ3n) is 4.02. The molecule has 1 aliphatic rings. The van der Waals surface area contributed by atoms with Crippen LogP contribution in [-0.2, 0) is 0 Å². The lowest BCUT2D eigenvalue weighted by Gasteiger charge is -2.26. The van der Waals surface area contributed by atoms with Gasteiger partial charge in [0.25, 0.3) is 0 Å². The van der Waals surface area contributed by atoms with Gasteiger partial charge in [0.05, 0.1) is 0 Å². The van der Waals surface area contributed by atoms with E-state index in [0.717, 1.165) is 31.6 Å². The Morgan fingerprint density at radius 2 is 2.00 bits per heavy atom. The molecule has 1 fully saturated rings. The second-order valence-electron chi connectivity index (χ2n) is 6.22. The topological polar surface area (TPSA) is 20.3 Å². The number of benzene rings is 1. The van der Waals surface area contributed by atoms with Crippen LogP contribution in [0.25, 0.3) is 0 Å². The lowest BCUT2D eigenvalue weighted by atomic mass is 9.85. The fourth-order valence-corrected chi connectivity index (χ4v) is 2.73. The molecule has 1 aromatic carbocycles. The van der Waals surface area contributed by atoms with Crippen molar-refractivity contribution >= 4 is 11.5 Å². The Morgan fingerprint density at radius 3 is 2.68 bits per heavy atom. The van der Waals surface area contributed by atoms with E-state index in [1.807, 2.05) is 0 Å². The summed E-state index contributed by atoms with van der Waals surface area (Å²) in [4.78, 5) is 13.9. The zero-order valence-electron chi connectivity index (χ0n) is 12.0. The molecule has 19 heavy (non-hydrogen) atoms. The number of ketones is 1. The molecule has 1 heterocycles. The summed E-state index contributed by atoms with van der Waals surface area (Å²) < 4.78 is 13.3. The molecule has 0 spiro atoms. The van der Waals surface area contributed by atoms with Crippen LogP contribution in [0.15, 0.2) is 18.2 Å². The van der Waals surface area contributed by atoms with Crippen molar-refractivity contribution in [2.24, 2.45) is 5.41 Å². The summed E-state index contributed by atoms with van der Waals surface area (Å²) in [6.07, 6.45) is 3.41. The first-order valence-electron chi connectivity index (χ1n) is 6.94. The summed E-state index contributed by atoms with van der Waals surface area (Å²) in [5.74, 6) is -0.415. The second kappa shape index (κ2) is 5.32. The van der Waals surface area contributed by atoms with Gasteiger partial charge in [0.15, 0.2) is 5.78 Å². The Hall–Kier alpha value is -1.38.